The normalized spacial score (nSPS) is 12.0. The topological polar surface area (TPSA) is 111 Å². The van der Waals surface area contributed by atoms with Crippen LogP contribution < -0.4 is 11.1 Å². The van der Waals surface area contributed by atoms with Crippen molar-refractivity contribution >= 4 is 39.7 Å². The van der Waals surface area contributed by atoms with Gasteiger partial charge in [0.05, 0.1) is 11.1 Å². The molecule has 2 aromatic carbocycles. The Morgan fingerprint density at radius 1 is 1.00 bits per heavy atom. The zero-order chi connectivity index (χ0) is 23.6. The number of halogens is 2. The van der Waals surface area contributed by atoms with Gasteiger partial charge in [-0.2, -0.15) is 0 Å². The fourth-order valence-corrected chi connectivity index (χ4v) is 4.26. The fraction of sp³-hybridized carbons (Fsp3) is 0.125. The van der Waals surface area contributed by atoms with Gasteiger partial charge < -0.3 is 11.1 Å². The Morgan fingerprint density at radius 2 is 1.68 bits per heavy atom. The Kier molecular flexibility index (Phi) is 7.48. The maximum absolute atomic E-state index is 13.5. The van der Waals surface area contributed by atoms with Gasteiger partial charge >= 0.3 is 0 Å². The number of anilines is 3. The molecule has 3 N–H and O–H groups in total. The Hall–Kier alpha value is -3.56. The van der Waals surface area contributed by atoms with Crippen molar-refractivity contribution < 1.29 is 12.8 Å². The molecular weight excluding hydrogens is 477 g/mol. The minimum Gasteiger partial charge on any atom is -0.383 e. The molecule has 0 aliphatic heterocycles. The summed E-state index contributed by atoms with van der Waals surface area (Å²) in [7, 11) is -3.33. The predicted molar refractivity (Wildman–Crippen MR) is 134 cm³/mol. The van der Waals surface area contributed by atoms with E-state index in [0.717, 1.165) is 28.5 Å². The van der Waals surface area contributed by atoms with Crippen LogP contribution in [0.2, 0.25) is 0 Å². The molecule has 0 spiro atoms. The number of aromatic nitrogens is 3. The van der Waals surface area contributed by atoms with Crippen molar-refractivity contribution in [3.8, 4) is 11.1 Å². The summed E-state index contributed by atoms with van der Waals surface area (Å²) in [6, 6.07) is 14.6. The van der Waals surface area contributed by atoms with Crippen LogP contribution in [0.25, 0.3) is 11.1 Å². The molecule has 1 atom stereocenters. The highest BCUT2D eigenvalue weighted by Gasteiger charge is 2.20. The molecule has 4 aromatic rings. The summed E-state index contributed by atoms with van der Waals surface area (Å²) in [6.07, 6.45) is 5.85. The number of nitrogen functional groups attached to an aromatic ring is 1. The SMILES string of the molecule is CC(c1ccc(F)cc1)c1c(-c2ccc(S(C)(=O)=O)cc2)cc(Nc2cnccn2)nc1N.Cl. The lowest BCUT2D eigenvalue weighted by Gasteiger charge is -2.21. The lowest BCUT2D eigenvalue weighted by atomic mass is 9.87. The quantitative estimate of drug-likeness (QED) is 0.385. The summed E-state index contributed by atoms with van der Waals surface area (Å²) in [6.45, 7) is 1.96. The van der Waals surface area contributed by atoms with Crippen LogP contribution in [0.4, 0.5) is 21.8 Å². The highest BCUT2D eigenvalue weighted by Crippen LogP contribution is 2.38. The van der Waals surface area contributed by atoms with Crippen LogP contribution in [0.1, 0.15) is 24.0 Å². The Balaban J connectivity index is 0.00000324. The van der Waals surface area contributed by atoms with Gasteiger partial charge in [-0.05, 0) is 47.0 Å². The van der Waals surface area contributed by atoms with E-state index in [9.17, 15) is 12.8 Å². The summed E-state index contributed by atoms with van der Waals surface area (Å²) < 4.78 is 37.3. The first-order valence-corrected chi connectivity index (χ1v) is 12.0. The van der Waals surface area contributed by atoms with Crippen LogP contribution in [-0.4, -0.2) is 29.6 Å². The van der Waals surface area contributed by atoms with Crippen molar-refractivity contribution in [1.29, 1.82) is 0 Å². The molecule has 0 amide bonds. The van der Waals surface area contributed by atoms with Gasteiger partial charge in [0.2, 0.25) is 0 Å². The number of benzene rings is 2. The molecule has 0 saturated carbocycles. The largest absolute Gasteiger partial charge is 0.383 e. The van der Waals surface area contributed by atoms with Crippen LogP contribution in [0, 0.1) is 5.82 Å². The molecule has 0 fully saturated rings. The van der Waals surface area contributed by atoms with E-state index in [2.05, 4.69) is 20.3 Å². The number of nitrogens with two attached hydrogens (primary N) is 1. The van der Waals surface area contributed by atoms with Crippen LogP contribution in [0.15, 0.2) is 78.1 Å². The van der Waals surface area contributed by atoms with Gasteiger partial charge in [0.15, 0.2) is 9.84 Å². The summed E-state index contributed by atoms with van der Waals surface area (Å²) in [4.78, 5) is 13.0. The zero-order valence-electron chi connectivity index (χ0n) is 18.4. The van der Waals surface area contributed by atoms with Gasteiger partial charge in [-0.25, -0.2) is 22.8 Å². The Morgan fingerprint density at radius 3 is 2.26 bits per heavy atom. The molecule has 2 aromatic heterocycles. The third-order valence-electron chi connectivity index (χ3n) is 5.30. The molecule has 4 rings (SSSR count). The van der Waals surface area contributed by atoms with Crippen LogP contribution >= 0.6 is 12.4 Å². The van der Waals surface area contributed by atoms with Crippen molar-refractivity contribution in [2.24, 2.45) is 0 Å². The predicted octanol–water partition coefficient (Wildman–Crippen LogP) is 4.98. The number of hydrogen-bond acceptors (Lipinski definition) is 7. The van der Waals surface area contributed by atoms with E-state index in [1.165, 1.54) is 12.1 Å². The van der Waals surface area contributed by atoms with Crippen molar-refractivity contribution in [1.82, 2.24) is 15.0 Å². The first-order valence-electron chi connectivity index (χ1n) is 10.1. The van der Waals surface area contributed by atoms with E-state index >= 15 is 0 Å². The van der Waals surface area contributed by atoms with Gasteiger partial charge in [-0.3, -0.25) is 4.98 Å². The summed E-state index contributed by atoms with van der Waals surface area (Å²) in [5, 5.41) is 3.09. The highest BCUT2D eigenvalue weighted by molar-refractivity contribution is 7.90. The van der Waals surface area contributed by atoms with Gasteiger partial charge in [-0.1, -0.05) is 31.2 Å². The van der Waals surface area contributed by atoms with Crippen molar-refractivity contribution in [2.45, 2.75) is 17.7 Å². The molecular formula is C24H23ClFN5O2S. The number of rotatable bonds is 6. The zero-order valence-corrected chi connectivity index (χ0v) is 20.1. The maximum Gasteiger partial charge on any atom is 0.175 e. The molecule has 0 aliphatic carbocycles. The molecule has 2 heterocycles. The Labute approximate surface area is 203 Å². The first kappa shape index (κ1) is 25.1. The molecule has 34 heavy (non-hydrogen) atoms. The first-order chi connectivity index (χ1) is 15.7. The lowest BCUT2D eigenvalue weighted by Crippen LogP contribution is -2.08. The fourth-order valence-electron chi connectivity index (χ4n) is 3.63. The molecule has 176 valence electrons. The summed E-state index contributed by atoms with van der Waals surface area (Å²) in [5.74, 6) is 0.737. The average molecular weight is 500 g/mol. The molecule has 0 radical (unpaired) electrons. The Bertz CT molecular complexity index is 1380. The lowest BCUT2D eigenvalue weighted by molar-refractivity contribution is 0.602. The van der Waals surface area contributed by atoms with E-state index in [-0.39, 0.29) is 29.0 Å². The third-order valence-corrected chi connectivity index (χ3v) is 6.43. The second kappa shape index (κ2) is 10.1. The second-order valence-electron chi connectivity index (χ2n) is 7.64. The minimum atomic E-state index is -3.33. The monoisotopic (exact) mass is 499 g/mol. The number of nitrogens with one attached hydrogen (secondary N) is 1. The van der Waals surface area contributed by atoms with Crippen LogP contribution in [-0.2, 0) is 9.84 Å². The van der Waals surface area contributed by atoms with Gasteiger partial charge in [0.1, 0.15) is 23.3 Å². The van der Waals surface area contributed by atoms with Crippen molar-refractivity contribution in [3.63, 3.8) is 0 Å². The second-order valence-corrected chi connectivity index (χ2v) is 9.66. The average Bonchev–Trinajstić information content (AvgIpc) is 2.79. The van der Waals surface area contributed by atoms with E-state index in [1.807, 2.05) is 13.0 Å². The number of nitrogens with zero attached hydrogens (tertiary/aromatic N) is 3. The smallest absolute Gasteiger partial charge is 0.175 e. The standard InChI is InChI=1S/C24H22FN5O2S.ClH/c1-15(16-3-7-18(25)8-4-16)23-20(17-5-9-19(10-6-17)33(2,31)32)13-21(30-24(23)26)29-22-14-27-11-12-28-22;/h3-15H,1-2H3,(H3,26,28,29,30);1H. The van der Waals surface area contributed by atoms with Crippen molar-refractivity contribution in [3.05, 3.63) is 90.1 Å². The number of sulfone groups is 1. The van der Waals surface area contributed by atoms with Crippen molar-refractivity contribution in [2.75, 3.05) is 17.3 Å². The third kappa shape index (κ3) is 5.49. The summed E-state index contributed by atoms with van der Waals surface area (Å²) >= 11 is 0. The molecule has 10 heteroatoms. The van der Waals surface area contributed by atoms with E-state index in [0.29, 0.717) is 17.5 Å². The van der Waals surface area contributed by atoms with Gasteiger partial charge in [-0.15, -0.1) is 12.4 Å². The number of hydrogen-bond donors (Lipinski definition) is 2. The van der Waals surface area contributed by atoms with E-state index in [1.54, 1.807) is 55.0 Å². The molecule has 0 bridgehead atoms. The van der Waals surface area contributed by atoms with Gasteiger partial charge in [0.25, 0.3) is 0 Å². The molecule has 0 aliphatic rings. The summed E-state index contributed by atoms with van der Waals surface area (Å²) in [5.41, 5.74) is 9.58. The van der Waals surface area contributed by atoms with Crippen LogP contribution in [0.3, 0.4) is 0 Å². The van der Waals surface area contributed by atoms with E-state index < -0.39 is 9.84 Å². The minimum absolute atomic E-state index is 0. The van der Waals surface area contributed by atoms with Gasteiger partial charge in [0, 0.05) is 30.1 Å². The molecule has 7 nitrogen and oxygen atoms in total. The van der Waals surface area contributed by atoms with E-state index in [4.69, 9.17) is 5.73 Å². The molecule has 0 saturated heterocycles. The van der Waals surface area contributed by atoms with Crippen LogP contribution in [0.5, 0.6) is 0 Å². The number of pyridine rings is 1. The molecule has 1 unspecified atom stereocenters. The highest BCUT2D eigenvalue weighted by atomic mass is 35.5. The maximum atomic E-state index is 13.5.